The topological polar surface area (TPSA) is 54.3 Å². The number of aryl methyl sites for hydroxylation is 1. The van der Waals surface area contributed by atoms with Gasteiger partial charge < -0.3 is 15.0 Å². The Morgan fingerprint density at radius 1 is 1.39 bits per heavy atom. The molecule has 96 valence electrons. The lowest BCUT2D eigenvalue weighted by Gasteiger charge is -2.06. The molecule has 2 aromatic rings. The van der Waals surface area contributed by atoms with Crippen molar-refractivity contribution in [2.45, 2.75) is 26.5 Å². The summed E-state index contributed by atoms with van der Waals surface area (Å²) < 4.78 is 2.05. The van der Waals surface area contributed by atoms with Gasteiger partial charge in [-0.3, -0.25) is 4.79 Å². The van der Waals surface area contributed by atoms with Gasteiger partial charge in [0, 0.05) is 36.6 Å². The molecule has 1 aromatic carbocycles. The second kappa shape index (κ2) is 5.69. The van der Waals surface area contributed by atoms with Crippen LogP contribution in [0.5, 0.6) is 0 Å². The highest BCUT2D eigenvalue weighted by atomic mass is 16.3. The van der Waals surface area contributed by atoms with Gasteiger partial charge in [0.15, 0.2) is 0 Å². The van der Waals surface area contributed by atoms with Gasteiger partial charge in [0.2, 0.25) is 5.91 Å². The van der Waals surface area contributed by atoms with Crippen molar-refractivity contribution < 1.29 is 9.90 Å². The molecule has 0 unspecified atom stereocenters. The molecule has 4 heteroatoms. The second-order valence-corrected chi connectivity index (χ2v) is 4.22. The number of nitrogens with one attached hydrogen (secondary N) is 1. The highest BCUT2D eigenvalue weighted by molar-refractivity contribution is 5.84. The zero-order chi connectivity index (χ0) is 13.0. The van der Waals surface area contributed by atoms with Gasteiger partial charge in [-0.05, 0) is 24.6 Å². The third-order valence-electron chi connectivity index (χ3n) is 3.03. The molecule has 2 N–H and O–H groups in total. The van der Waals surface area contributed by atoms with Crippen LogP contribution in [-0.4, -0.2) is 22.1 Å². The zero-order valence-corrected chi connectivity index (χ0v) is 10.5. The van der Waals surface area contributed by atoms with Crippen LogP contribution in [0, 0.1) is 0 Å². The molecule has 0 aliphatic heterocycles. The number of carbonyl (C=O) groups is 1. The first-order valence-electron chi connectivity index (χ1n) is 6.20. The fourth-order valence-electron chi connectivity index (χ4n) is 2.13. The predicted molar refractivity (Wildman–Crippen MR) is 71.2 cm³/mol. The third kappa shape index (κ3) is 2.54. The second-order valence-electron chi connectivity index (χ2n) is 4.22. The minimum absolute atomic E-state index is 0.0394. The fourth-order valence-corrected chi connectivity index (χ4v) is 2.13. The number of carbonyl (C=O) groups excluding carboxylic acids is 1. The summed E-state index contributed by atoms with van der Waals surface area (Å²) in [6, 6.07) is 7.83. The maximum absolute atomic E-state index is 11.4. The van der Waals surface area contributed by atoms with E-state index in [1.165, 1.54) is 0 Å². The lowest BCUT2D eigenvalue weighted by atomic mass is 10.1. The summed E-state index contributed by atoms with van der Waals surface area (Å²) >= 11 is 0. The van der Waals surface area contributed by atoms with E-state index in [4.69, 9.17) is 0 Å². The van der Waals surface area contributed by atoms with Crippen molar-refractivity contribution >= 4 is 16.8 Å². The summed E-state index contributed by atoms with van der Waals surface area (Å²) in [4.78, 5) is 11.4. The van der Waals surface area contributed by atoms with E-state index in [1.54, 1.807) is 0 Å². The van der Waals surface area contributed by atoms with Crippen molar-refractivity contribution in [1.29, 1.82) is 0 Å². The lowest BCUT2D eigenvalue weighted by Crippen LogP contribution is -2.23. The molecule has 1 aromatic heterocycles. The zero-order valence-electron chi connectivity index (χ0n) is 10.5. The molecule has 2 rings (SSSR count). The fraction of sp³-hybridized carbons (Fsp3) is 0.357. The molecule has 1 amide bonds. The van der Waals surface area contributed by atoms with Crippen molar-refractivity contribution in [2.24, 2.45) is 0 Å². The molecule has 18 heavy (non-hydrogen) atoms. The van der Waals surface area contributed by atoms with E-state index >= 15 is 0 Å². The predicted octanol–water partition coefficient (Wildman–Crippen LogP) is 1.66. The van der Waals surface area contributed by atoms with Crippen molar-refractivity contribution in [2.75, 3.05) is 6.54 Å². The molecule has 0 saturated carbocycles. The standard InChI is InChI=1S/C14H18N2O2/c1-2-15-14(18)7-9-16-8-6-12-11(10-17)4-3-5-13(12)16/h3-6,8,17H,2,7,9-10H2,1H3,(H,15,18). The number of aliphatic hydroxyl groups excluding tert-OH is 1. The monoisotopic (exact) mass is 246 g/mol. The van der Waals surface area contributed by atoms with E-state index in [1.807, 2.05) is 42.0 Å². The van der Waals surface area contributed by atoms with Gasteiger partial charge in [0.1, 0.15) is 0 Å². The molecule has 0 fully saturated rings. The van der Waals surface area contributed by atoms with Crippen molar-refractivity contribution in [1.82, 2.24) is 9.88 Å². The van der Waals surface area contributed by atoms with Crippen LogP contribution in [0.1, 0.15) is 18.9 Å². The van der Waals surface area contributed by atoms with E-state index in [0.717, 1.165) is 16.5 Å². The summed E-state index contributed by atoms with van der Waals surface area (Å²) in [5, 5.41) is 13.1. The molecule has 1 heterocycles. The SMILES string of the molecule is CCNC(=O)CCn1ccc2c(CO)cccc21. The van der Waals surface area contributed by atoms with Crippen molar-refractivity contribution in [3.63, 3.8) is 0 Å². The maximum atomic E-state index is 11.4. The number of nitrogens with zero attached hydrogens (tertiary/aromatic N) is 1. The highest BCUT2D eigenvalue weighted by Gasteiger charge is 2.06. The number of benzene rings is 1. The van der Waals surface area contributed by atoms with Crippen LogP contribution in [0.15, 0.2) is 30.5 Å². The third-order valence-corrected chi connectivity index (χ3v) is 3.03. The van der Waals surface area contributed by atoms with Crippen LogP contribution in [0.3, 0.4) is 0 Å². The van der Waals surface area contributed by atoms with Crippen molar-refractivity contribution in [3.8, 4) is 0 Å². The summed E-state index contributed by atoms with van der Waals surface area (Å²) in [6.07, 6.45) is 2.43. The largest absolute Gasteiger partial charge is 0.392 e. The number of aliphatic hydroxyl groups is 1. The Kier molecular flexibility index (Phi) is 3.99. The highest BCUT2D eigenvalue weighted by Crippen LogP contribution is 2.20. The summed E-state index contributed by atoms with van der Waals surface area (Å²) in [5.74, 6) is 0.0673. The minimum Gasteiger partial charge on any atom is -0.392 e. The molecule has 0 aliphatic rings. The summed E-state index contributed by atoms with van der Waals surface area (Å²) in [7, 11) is 0. The first-order valence-corrected chi connectivity index (χ1v) is 6.20. The summed E-state index contributed by atoms with van der Waals surface area (Å²) in [6.45, 7) is 3.28. The van der Waals surface area contributed by atoms with E-state index in [2.05, 4.69) is 5.32 Å². The first-order chi connectivity index (χ1) is 8.76. The molecule has 0 aliphatic carbocycles. The number of hydrogen-bond donors (Lipinski definition) is 2. The van der Waals surface area contributed by atoms with Crippen LogP contribution in [-0.2, 0) is 17.9 Å². The molecule has 0 saturated heterocycles. The molecule has 0 bridgehead atoms. The van der Waals surface area contributed by atoms with Crippen LogP contribution in [0.4, 0.5) is 0 Å². The Balaban J connectivity index is 2.17. The van der Waals surface area contributed by atoms with Crippen LogP contribution in [0.25, 0.3) is 10.9 Å². The Hall–Kier alpha value is -1.81. The molecule has 0 spiro atoms. The Morgan fingerprint density at radius 3 is 2.94 bits per heavy atom. The van der Waals surface area contributed by atoms with Gasteiger partial charge in [-0.15, -0.1) is 0 Å². The van der Waals surface area contributed by atoms with E-state index in [9.17, 15) is 9.90 Å². The number of fused-ring (bicyclic) bond motifs is 1. The Labute approximate surface area is 106 Å². The smallest absolute Gasteiger partial charge is 0.221 e. The Bertz CT molecular complexity index is 546. The summed E-state index contributed by atoms with van der Waals surface area (Å²) in [5.41, 5.74) is 1.98. The number of rotatable bonds is 5. The molecular weight excluding hydrogens is 228 g/mol. The van der Waals surface area contributed by atoms with Gasteiger partial charge >= 0.3 is 0 Å². The van der Waals surface area contributed by atoms with Crippen molar-refractivity contribution in [3.05, 3.63) is 36.0 Å². The lowest BCUT2D eigenvalue weighted by molar-refractivity contribution is -0.121. The van der Waals surface area contributed by atoms with Gasteiger partial charge in [-0.1, -0.05) is 12.1 Å². The van der Waals surface area contributed by atoms with Crippen LogP contribution in [0.2, 0.25) is 0 Å². The van der Waals surface area contributed by atoms with Gasteiger partial charge in [-0.25, -0.2) is 0 Å². The molecule has 0 atom stereocenters. The van der Waals surface area contributed by atoms with Crippen LogP contribution >= 0.6 is 0 Å². The quantitative estimate of drug-likeness (QED) is 0.843. The first kappa shape index (κ1) is 12.6. The number of amides is 1. The molecule has 4 nitrogen and oxygen atoms in total. The Morgan fingerprint density at radius 2 is 2.22 bits per heavy atom. The molecular formula is C14H18N2O2. The van der Waals surface area contributed by atoms with Crippen LogP contribution < -0.4 is 5.32 Å². The maximum Gasteiger partial charge on any atom is 0.221 e. The average molecular weight is 246 g/mol. The van der Waals surface area contributed by atoms with Gasteiger partial charge in [-0.2, -0.15) is 0 Å². The van der Waals surface area contributed by atoms with E-state index < -0.39 is 0 Å². The molecule has 0 radical (unpaired) electrons. The van der Waals surface area contributed by atoms with Gasteiger partial charge in [0.25, 0.3) is 0 Å². The normalized spacial score (nSPS) is 10.8. The number of aromatic nitrogens is 1. The van der Waals surface area contributed by atoms with Gasteiger partial charge in [0.05, 0.1) is 6.61 Å². The van der Waals surface area contributed by atoms with E-state index in [-0.39, 0.29) is 12.5 Å². The average Bonchev–Trinajstić information content (AvgIpc) is 2.79. The minimum atomic E-state index is 0.0394. The number of hydrogen-bond acceptors (Lipinski definition) is 2. The van der Waals surface area contributed by atoms with E-state index in [0.29, 0.717) is 19.5 Å².